The first-order valence-corrected chi connectivity index (χ1v) is 7.41. The molecule has 0 atom stereocenters. The van der Waals surface area contributed by atoms with Crippen LogP contribution in [0.25, 0.3) is 0 Å². The average Bonchev–Trinajstić information content (AvgIpc) is 2.23. The van der Waals surface area contributed by atoms with Crippen molar-refractivity contribution in [1.29, 1.82) is 0 Å². The summed E-state index contributed by atoms with van der Waals surface area (Å²) in [5.41, 5.74) is 2.50. The summed E-state index contributed by atoms with van der Waals surface area (Å²) >= 11 is 5.42. The Balaban J connectivity index is 2.28. The number of nitrogens with one attached hydrogen (secondary N) is 1. The largest absolute Gasteiger partial charge is 0.385 e. The maximum Gasteiger partial charge on any atom is 0.0343 e. The number of hydrogen-bond acceptors (Lipinski definition) is 2. The van der Waals surface area contributed by atoms with Crippen LogP contribution in [0.3, 0.4) is 0 Å². The van der Waals surface area contributed by atoms with Crippen LogP contribution in [0.4, 0.5) is 5.69 Å². The summed E-state index contributed by atoms with van der Waals surface area (Å²) < 4.78 is 1.18. The second-order valence-electron chi connectivity index (χ2n) is 3.59. The molecule has 1 rings (SSSR count). The fourth-order valence-electron chi connectivity index (χ4n) is 1.36. The zero-order valence-corrected chi connectivity index (χ0v) is 11.7. The van der Waals surface area contributed by atoms with Gasteiger partial charge in [0.1, 0.15) is 0 Å². The van der Waals surface area contributed by atoms with Gasteiger partial charge in [-0.15, -0.1) is 0 Å². The highest BCUT2D eigenvalue weighted by molar-refractivity contribution is 9.10. The van der Waals surface area contributed by atoms with Crippen molar-refractivity contribution in [2.45, 2.75) is 19.8 Å². The number of aryl methyl sites for hydroxylation is 1. The molecule has 1 N–H and O–H groups in total. The Morgan fingerprint density at radius 1 is 1.33 bits per heavy atom. The summed E-state index contributed by atoms with van der Waals surface area (Å²) in [7, 11) is 0. The van der Waals surface area contributed by atoms with Gasteiger partial charge >= 0.3 is 0 Å². The zero-order valence-electron chi connectivity index (χ0n) is 9.35. The third kappa shape index (κ3) is 4.94. The standard InChI is InChI=1S/C12H18BrNS/c1-10-9-11(5-6-12(10)13)14-7-3-4-8-15-2/h5-6,9,14H,3-4,7-8H2,1-2H3. The summed E-state index contributed by atoms with van der Waals surface area (Å²) in [6.45, 7) is 3.19. The predicted molar refractivity (Wildman–Crippen MR) is 75.0 cm³/mol. The van der Waals surface area contributed by atoms with Gasteiger partial charge in [-0.3, -0.25) is 0 Å². The molecule has 0 aliphatic carbocycles. The maximum atomic E-state index is 3.50. The van der Waals surface area contributed by atoms with Crippen LogP contribution in [0.5, 0.6) is 0 Å². The first-order valence-electron chi connectivity index (χ1n) is 5.23. The van der Waals surface area contributed by atoms with Gasteiger partial charge in [-0.1, -0.05) is 15.9 Å². The second kappa shape index (κ2) is 7.18. The highest BCUT2D eigenvalue weighted by Gasteiger charge is 1.96. The molecule has 0 aromatic heterocycles. The number of unbranched alkanes of at least 4 members (excludes halogenated alkanes) is 1. The van der Waals surface area contributed by atoms with E-state index in [1.54, 1.807) is 0 Å². The summed E-state index contributed by atoms with van der Waals surface area (Å²) in [6.07, 6.45) is 4.70. The quantitative estimate of drug-likeness (QED) is 0.783. The minimum atomic E-state index is 1.07. The van der Waals surface area contributed by atoms with E-state index >= 15 is 0 Å². The summed E-state index contributed by atoms with van der Waals surface area (Å²) in [5, 5.41) is 3.44. The fraction of sp³-hybridized carbons (Fsp3) is 0.500. The van der Waals surface area contributed by atoms with E-state index in [4.69, 9.17) is 0 Å². The van der Waals surface area contributed by atoms with E-state index in [2.05, 4.69) is 52.6 Å². The van der Waals surface area contributed by atoms with E-state index in [9.17, 15) is 0 Å². The van der Waals surface area contributed by atoms with Crippen molar-refractivity contribution in [3.63, 3.8) is 0 Å². The van der Waals surface area contributed by atoms with Crippen LogP contribution in [0, 0.1) is 6.92 Å². The highest BCUT2D eigenvalue weighted by Crippen LogP contribution is 2.19. The van der Waals surface area contributed by atoms with Crippen molar-refractivity contribution in [1.82, 2.24) is 0 Å². The molecule has 0 radical (unpaired) electrons. The smallest absolute Gasteiger partial charge is 0.0343 e. The number of benzene rings is 1. The molecule has 0 fully saturated rings. The summed E-state index contributed by atoms with van der Waals surface area (Å²) in [5.74, 6) is 1.26. The molecule has 84 valence electrons. The van der Waals surface area contributed by atoms with E-state index in [0.29, 0.717) is 0 Å². The van der Waals surface area contributed by atoms with Crippen LogP contribution in [0.15, 0.2) is 22.7 Å². The van der Waals surface area contributed by atoms with Crippen LogP contribution in [0.2, 0.25) is 0 Å². The Morgan fingerprint density at radius 2 is 2.13 bits per heavy atom. The molecular weight excluding hydrogens is 270 g/mol. The molecular formula is C12H18BrNS. The number of halogens is 1. The number of rotatable bonds is 6. The van der Waals surface area contributed by atoms with Crippen LogP contribution < -0.4 is 5.32 Å². The van der Waals surface area contributed by atoms with E-state index in [1.165, 1.54) is 34.3 Å². The number of thioether (sulfide) groups is 1. The van der Waals surface area contributed by atoms with Gasteiger partial charge in [0, 0.05) is 16.7 Å². The third-order valence-electron chi connectivity index (χ3n) is 2.26. The predicted octanol–water partition coefficient (Wildman–Crippen LogP) is 4.31. The van der Waals surface area contributed by atoms with Gasteiger partial charge in [0.05, 0.1) is 0 Å². The Bertz CT molecular complexity index is 302. The van der Waals surface area contributed by atoms with E-state index in [0.717, 1.165) is 6.54 Å². The third-order valence-corrected chi connectivity index (χ3v) is 3.85. The topological polar surface area (TPSA) is 12.0 Å². The molecule has 0 saturated heterocycles. The van der Waals surface area contributed by atoms with E-state index in [1.807, 2.05) is 11.8 Å². The minimum absolute atomic E-state index is 1.07. The van der Waals surface area contributed by atoms with Gasteiger partial charge in [0.15, 0.2) is 0 Å². The molecule has 0 heterocycles. The molecule has 1 aromatic rings. The van der Waals surface area contributed by atoms with Gasteiger partial charge in [0.2, 0.25) is 0 Å². The van der Waals surface area contributed by atoms with Crippen LogP contribution >= 0.6 is 27.7 Å². The maximum absolute atomic E-state index is 3.50. The van der Waals surface area contributed by atoms with Crippen LogP contribution in [-0.4, -0.2) is 18.6 Å². The van der Waals surface area contributed by atoms with Crippen molar-refractivity contribution in [2.75, 3.05) is 23.9 Å². The molecule has 0 saturated carbocycles. The lowest BCUT2D eigenvalue weighted by molar-refractivity contribution is 0.843. The number of anilines is 1. The zero-order chi connectivity index (χ0) is 11.1. The molecule has 0 aliphatic rings. The van der Waals surface area contributed by atoms with Gasteiger partial charge in [-0.2, -0.15) is 11.8 Å². The second-order valence-corrected chi connectivity index (χ2v) is 5.43. The van der Waals surface area contributed by atoms with Crippen molar-refractivity contribution in [3.8, 4) is 0 Å². The van der Waals surface area contributed by atoms with Crippen LogP contribution in [-0.2, 0) is 0 Å². The Morgan fingerprint density at radius 3 is 2.80 bits per heavy atom. The Labute approximate surface area is 105 Å². The fourth-order valence-corrected chi connectivity index (χ4v) is 2.10. The lowest BCUT2D eigenvalue weighted by atomic mass is 10.2. The first-order chi connectivity index (χ1) is 7.24. The Hall–Kier alpha value is -0.150. The molecule has 0 spiro atoms. The molecule has 1 aromatic carbocycles. The van der Waals surface area contributed by atoms with Crippen molar-refractivity contribution in [3.05, 3.63) is 28.2 Å². The normalized spacial score (nSPS) is 10.3. The van der Waals surface area contributed by atoms with Gasteiger partial charge in [0.25, 0.3) is 0 Å². The van der Waals surface area contributed by atoms with Crippen molar-refractivity contribution < 1.29 is 0 Å². The summed E-state index contributed by atoms with van der Waals surface area (Å²) in [6, 6.07) is 6.39. The highest BCUT2D eigenvalue weighted by atomic mass is 79.9. The summed E-state index contributed by atoms with van der Waals surface area (Å²) in [4.78, 5) is 0. The molecule has 3 heteroatoms. The van der Waals surface area contributed by atoms with Gasteiger partial charge in [-0.05, 0) is 55.5 Å². The minimum Gasteiger partial charge on any atom is -0.385 e. The molecule has 15 heavy (non-hydrogen) atoms. The molecule has 0 bridgehead atoms. The molecule has 0 aliphatic heterocycles. The van der Waals surface area contributed by atoms with Crippen molar-refractivity contribution >= 4 is 33.4 Å². The SMILES string of the molecule is CSCCCCNc1ccc(Br)c(C)c1. The monoisotopic (exact) mass is 287 g/mol. The first kappa shape index (κ1) is 12.9. The van der Waals surface area contributed by atoms with E-state index in [-0.39, 0.29) is 0 Å². The average molecular weight is 288 g/mol. The lowest BCUT2D eigenvalue weighted by Gasteiger charge is -2.07. The van der Waals surface area contributed by atoms with Crippen LogP contribution in [0.1, 0.15) is 18.4 Å². The lowest BCUT2D eigenvalue weighted by Crippen LogP contribution is -2.01. The number of hydrogen-bond donors (Lipinski definition) is 1. The van der Waals surface area contributed by atoms with Crippen molar-refractivity contribution in [2.24, 2.45) is 0 Å². The van der Waals surface area contributed by atoms with E-state index < -0.39 is 0 Å². The molecule has 1 nitrogen and oxygen atoms in total. The molecule has 0 amide bonds. The van der Waals surface area contributed by atoms with Gasteiger partial charge in [-0.25, -0.2) is 0 Å². The Kier molecular flexibility index (Phi) is 6.18. The molecule has 0 unspecified atom stereocenters. The van der Waals surface area contributed by atoms with Gasteiger partial charge < -0.3 is 5.32 Å².